The molecule has 0 aromatic carbocycles. The van der Waals surface area contributed by atoms with Gasteiger partial charge in [0.2, 0.25) is 0 Å². The Morgan fingerprint density at radius 2 is 1.94 bits per heavy atom. The second-order valence-electron chi connectivity index (χ2n) is 4.51. The Bertz CT molecular complexity index is 182. The fraction of sp³-hybridized carbons (Fsp3) is 1.00. The largest absolute Gasteiger partial charge is 0.352 e. The molecule has 0 spiro atoms. The molecule has 4 nitrogen and oxygen atoms in total. The van der Waals surface area contributed by atoms with Crippen molar-refractivity contribution in [2.24, 2.45) is 11.7 Å². The monoisotopic (exact) mass is 230 g/mol. The molecule has 1 heterocycles. The van der Waals surface area contributed by atoms with Crippen molar-refractivity contribution in [3.05, 3.63) is 0 Å². The molecule has 16 heavy (non-hydrogen) atoms. The van der Waals surface area contributed by atoms with E-state index in [1.807, 2.05) is 13.8 Å². The van der Waals surface area contributed by atoms with Gasteiger partial charge in [0.15, 0.2) is 6.29 Å². The van der Waals surface area contributed by atoms with Crippen LogP contribution < -0.4 is 5.73 Å². The Kier molecular flexibility index (Phi) is 6.28. The highest BCUT2D eigenvalue weighted by atomic mass is 16.7. The fourth-order valence-electron chi connectivity index (χ4n) is 2.19. The third kappa shape index (κ3) is 4.37. The summed E-state index contributed by atoms with van der Waals surface area (Å²) in [6.07, 6.45) is 1.12. The molecular formula is C12H26N2O2. The molecule has 2 N–H and O–H groups in total. The molecular weight excluding hydrogens is 204 g/mol. The lowest BCUT2D eigenvalue weighted by Crippen LogP contribution is -2.36. The predicted molar refractivity (Wildman–Crippen MR) is 65.2 cm³/mol. The van der Waals surface area contributed by atoms with Crippen molar-refractivity contribution in [3.63, 3.8) is 0 Å². The van der Waals surface area contributed by atoms with Crippen LogP contribution >= 0.6 is 0 Å². The van der Waals surface area contributed by atoms with Crippen LogP contribution in [0.4, 0.5) is 0 Å². The van der Waals surface area contributed by atoms with Gasteiger partial charge in [-0.2, -0.15) is 0 Å². The van der Waals surface area contributed by atoms with E-state index in [1.54, 1.807) is 0 Å². The average Bonchev–Trinajstić information content (AvgIpc) is 2.67. The van der Waals surface area contributed by atoms with Crippen LogP contribution in [0.5, 0.6) is 0 Å². The van der Waals surface area contributed by atoms with E-state index < -0.39 is 0 Å². The zero-order valence-electron chi connectivity index (χ0n) is 10.8. The molecule has 2 atom stereocenters. The fourth-order valence-corrected chi connectivity index (χ4v) is 2.19. The van der Waals surface area contributed by atoms with Crippen molar-refractivity contribution in [2.75, 3.05) is 32.8 Å². The average molecular weight is 230 g/mol. The summed E-state index contributed by atoms with van der Waals surface area (Å²) >= 11 is 0. The van der Waals surface area contributed by atoms with E-state index in [0.717, 1.165) is 19.6 Å². The first kappa shape index (κ1) is 13.9. The highest BCUT2D eigenvalue weighted by Gasteiger charge is 2.27. The van der Waals surface area contributed by atoms with Crippen molar-refractivity contribution >= 4 is 0 Å². The molecule has 4 heteroatoms. The number of hydrogen-bond donors (Lipinski definition) is 1. The molecule has 96 valence electrons. The van der Waals surface area contributed by atoms with E-state index in [4.69, 9.17) is 15.2 Å². The van der Waals surface area contributed by atoms with Gasteiger partial charge in [-0.1, -0.05) is 0 Å². The van der Waals surface area contributed by atoms with Crippen LogP contribution in [-0.2, 0) is 9.47 Å². The van der Waals surface area contributed by atoms with Crippen LogP contribution in [-0.4, -0.2) is 50.1 Å². The van der Waals surface area contributed by atoms with Gasteiger partial charge in [0, 0.05) is 32.3 Å². The Morgan fingerprint density at radius 3 is 2.38 bits per heavy atom. The molecule has 0 aliphatic carbocycles. The van der Waals surface area contributed by atoms with Crippen molar-refractivity contribution < 1.29 is 9.47 Å². The summed E-state index contributed by atoms with van der Waals surface area (Å²) in [4.78, 5) is 2.39. The van der Waals surface area contributed by atoms with Gasteiger partial charge in [-0.15, -0.1) is 0 Å². The lowest BCUT2D eigenvalue weighted by atomic mass is 10.0. The topological polar surface area (TPSA) is 47.7 Å². The van der Waals surface area contributed by atoms with Crippen molar-refractivity contribution in [1.82, 2.24) is 4.90 Å². The van der Waals surface area contributed by atoms with Gasteiger partial charge in [0.25, 0.3) is 0 Å². The van der Waals surface area contributed by atoms with E-state index >= 15 is 0 Å². The maximum atomic E-state index is 5.92. The summed E-state index contributed by atoms with van der Waals surface area (Å²) in [5, 5.41) is 0. The van der Waals surface area contributed by atoms with Crippen LogP contribution in [0.2, 0.25) is 0 Å². The van der Waals surface area contributed by atoms with Gasteiger partial charge in [0.1, 0.15) is 0 Å². The Balaban J connectivity index is 2.30. The van der Waals surface area contributed by atoms with Gasteiger partial charge in [-0.05, 0) is 39.7 Å². The number of nitrogens with two attached hydrogens (primary N) is 1. The Morgan fingerprint density at radius 1 is 1.31 bits per heavy atom. The summed E-state index contributed by atoms with van der Waals surface area (Å²) in [6, 6.07) is 0.294. The standard InChI is InChI=1S/C12H26N2O2/c1-4-15-12(16-5-2)9-14-7-6-11(8-14)10(3)13/h10-12H,4-9,13H2,1-3H3. The third-order valence-corrected chi connectivity index (χ3v) is 3.16. The highest BCUT2D eigenvalue weighted by Crippen LogP contribution is 2.19. The minimum absolute atomic E-state index is 0.0816. The summed E-state index contributed by atoms with van der Waals surface area (Å²) in [7, 11) is 0. The van der Waals surface area contributed by atoms with Gasteiger partial charge >= 0.3 is 0 Å². The van der Waals surface area contributed by atoms with Crippen molar-refractivity contribution in [2.45, 2.75) is 39.5 Å². The lowest BCUT2D eigenvalue weighted by Gasteiger charge is -2.24. The zero-order chi connectivity index (χ0) is 12.0. The summed E-state index contributed by atoms with van der Waals surface area (Å²) < 4.78 is 11.1. The number of rotatable bonds is 7. The maximum absolute atomic E-state index is 5.92. The number of ether oxygens (including phenoxy) is 2. The lowest BCUT2D eigenvalue weighted by molar-refractivity contribution is -0.145. The molecule has 1 saturated heterocycles. The predicted octanol–water partition coefficient (Wildman–Crippen LogP) is 1.05. The molecule has 1 fully saturated rings. The molecule has 0 amide bonds. The first-order valence-electron chi connectivity index (χ1n) is 6.38. The van der Waals surface area contributed by atoms with Gasteiger partial charge in [-0.3, -0.25) is 4.90 Å². The van der Waals surface area contributed by atoms with Crippen LogP contribution in [0.25, 0.3) is 0 Å². The molecule has 0 bridgehead atoms. The second kappa shape index (κ2) is 7.22. The number of likely N-dealkylation sites (tertiary alicyclic amines) is 1. The number of hydrogen-bond acceptors (Lipinski definition) is 4. The van der Waals surface area contributed by atoms with Gasteiger partial charge in [-0.25, -0.2) is 0 Å². The van der Waals surface area contributed by atoms with Crippen molar-refractivity contribution in [3.8, 4) is 0 Å². The van der Waals surface area contributed by atoms with Crippen molar-refractivity contribution in [1.29, 1.82) is 0 Å². The molecule has 0 aromatic heterocycles. The minimum atomic E-state index is -0.0816. The Hall–Kier alpha value is -0.160. The quantitative estimate of drug-likeness (QED) is 0.664. The molecule has 2 unspecified atom stereocenters. The third-order valence-electron chi connectivity index (χ3n) is 3.16. The smallest absolute Gasteiger partial charge is 0.170 e. The van der Waals surface area contributed by atoms with Gasteiger partial charge in [0.05, 0.1) is 0 Å². The first-order valence-corrected chi connectivity index (χ1v) is 6.38. The molecule has 0 saturated carbocycles. The van der Waals surface area contributed by atoms with E-state index in [-0.39, 0.29) is 6.29 Å². The van der Waals surface area contributed by atoms with E-state index in [9.17, 15) is 0 Å². The normalized spacial score (nSPS) is 24.2. The molecule has 1 aliphatic heterocycles. The van der Waals surface area contributed by atoms with E-state index in [1.165, 1.54) is 6.42 Å². The van der Waals surface area contributed by atoms with Crippen LogP contribution in [0.3, 0.4) is 0 Å². The van der Waals surface area contributed by atoms with Gasteiger partial charge < -0.3 is 15.2 Å². The highest BCUT2D eigenvalue weighted by molar-refractivity contribution is 4.81. The summed E-state index contributed by atoms with van der Waals surface area (Å²) in [5.74, 6) is 0.629. The van der Waals surface area contributed by atoms with Crippen LogP contribution in [0.1, 0.15) is 27.2 Å². The number of nitrogens with zero attached hydrogens (tertiary/aromatic N) is 1. The van der Waals surface area contributed by atoms with Crippen LogP contribution in [0.15, 0.2) is 0 Å². The molecule has 1 rings (SSSR count). The molecule has 0 aromatic rings. The van der Waals surface area contributed by atoms with Crippen LogP contribution in [0, 0.1) is 5.92 Å². The minimum Gasteiger partial charge on any atom is -0.352 e. The zero-order valence-corrected chi connectivity index (χ0v) is 10.8. The molecule has 0 radical (unpaired) electrons. The maximum Gasteiger partial charge on any atom is 0.170 e. The second-order valence-corrected chi connectivity index (χ2v) is 4.51. The summed E-state index contributed by atoms with van der Waals surface area (Å²) in [6.45, 7) is 10.6. The SMILES string of the molecule is CCOC(CN1CCC(C(C)N)C1)OCC. The first-order chi connectivity index (χ1) is 7.67. The van der Waals surface area contributed by atoms with E-state index in [2.05, 4.69) is 11.8 Å². The summed E-state index contributed by atoms with van der Waals surface area (Å²) in [5.41, 5.74) is 5.92. The van der Waals surface area contributed by atoms with E-state index in [0.29, 0.717) is 25.2 Å². The molecule has 1 aliphatic rings. The Labute approximate surface area is 99.1 Å².